The molecule has 0 saturated carbocycles. The van der Waals surface area contributed by atoms with Crippen LogP contribution in [0.1, 0.15) is 18.1 Å². The second-order valence-electron chi connectivity index (χ2n) is 6.00. The number of anilines is 1. The lowest BCUT2D eigenvalue weighted by atomic mass is 10.1. The van der Waals surface area contributed by atoms with Crippen LogP contribution in [-0.4, -0.2) is 42.0 Å². The number of rotatable bonds is 10. The molecule has 0 bridgehead atoms. The highest BCUT2D eigenvalue weighted by Gasteiger charge is 2.23. The van der Waals surface area contributed by atoms with E-state index >= 15 is 0 Å². The number of carbonyl (C=O) groups excluding carboxylic acids is 2. The first-order valence-electron chi connectivity index (χ1n) is 8.77. The molecule has 3 N–H and O–H groups in total. The number of amides is 2. The van der Waals surface area contributed by atoms with Gasteiger partial charge in [0.05, 0.1) is 0 Å². The number of nitrogens with one attached hydrogen (secondary N) is 1. The first kappa shape index (κ1) is 21.8. The predicted octanol–water partition coefficient (Wildman–Crippen LogP) is 1.50. The summed E-state index contributed by atoms with van der Waals surface area (Å²) in [6, 6.07) is 9.16. The normalized spacial score (nSPS) is 11.5. The summed E-state index contributed by atoms with van der Waals surface area (Å²) in [5.74, 6) is -0.924. The van der Waals surface area contributed by atoms with Gasteiger partial charge in [-0.1, -0.05) is 25.6 Å². The Hall–Kier alpha value is -2.46. The largest absolute Gasteiger partial charge is 0.635 e. The SMILES string of the molecule is C=CC(=O)N(CC(=O)N[C@@H](Cc1ccsc1)OB(O)O)c1ccc(CC)cc1. The lowest BCUT2D eigenvalue weighted by Crippen LogP contribution is -2.47. The van der Waals surface area contributed by atoms with Crippen molar-refractivity contribution < 1.29 is 24.3 Å². The maximum absolute atomic E-state index is 12.5. The monoisotopic (exact) mass is 402 g/mol. The molecule has 0 aliphatic carbocycles. The Morgan fingerprint density at radius 1 is 1.29 bits per heavy atom. The minimum atomic E-state index is -2.03. The van der Waals surface area contributed by atoms with Gasteiger partial charge in [0.15, 0.2) is 0 Å². The third-order valence-corrected chi connectivity index (χ3v) is 4.74. The van der Waals surface area contributed by atoms with E-state index in [1.165, 1.54) is 16.2 Å². The summed E-state index contributed by atoms with van der Waals surface area (Å²) in [6.45, 7) is 5.25. The molecule has 2 amide bonds. The summed E-state index contributed by atoms with van der Waals surface area (Å²) >= 11 is 1.48. The Kier molecular flexibility index (Phi) is 8.40. The summed E-state index contributed by atoms with van der Waals surface area (Å²) in [4.78, 5) is 26.0. The van der Waals surface area contributed by atoms with Gasteiger partial charge in [0, 0.05) is 12.1 Å². The van der Waals surface area contributed by atoms with Crippen molar-refractivity contribution in [2.45, 2.75) is 26.0 Å². The van der Waals surface area contributed by atoms with Crippen LogP contribution in [0.5, 0.6) is 0 Å². The van der Waals surface area contributed by atoms with Crippen molar-refractivity contribution in [2.24, 2.45) is 0 Å². The van der Waals surface area contributed by atoms with Crippen LogP contribution in [0.2, 0.25) is 0 Å². The lowest BCUT2D eigenvalue weighted by molar-refractivity contribution is -0.124. The van der Waals surface area contributed by atoms with Crippen LogP contribution in [0.15, 0.2) is 53.7 Å². The molecule has 1 aromatic heterocycles. The molecular weight excluding hydrogens is 379 g/mol. The Labute approximate surface area is 168 Å². The number of thiophene rings is 1. The molecule has 0 saturated heterocycles. The summed E-state index contributed by atoms with van der Waals surface area (Å²) in [5.41, 5.74) is 2.56. The van der Waals surface area contributed by atoms with E-state index in [1.807, 2.05) is 35.9 Å². The van der Waals surface area contributed by atoms with Crippen LogP contribution < -0.4 is 10.2 Å². The Morgan fingerprint density at radius 2 is 2.00 bits per heavy atom. The molecule has 2 aromatic rings. The highest BCUT2D eigenvalue weighted by atomic mass is 32.1. The zero-order chi connectivity index (χ0) is 20.5. The van der Waals surface area contributed by atoms with Crippen LogP contribution in [-0.2, 0) is 27.1 Å². The smallest absolute Gasteiger partial charge is 0.402 e. The van der Waals surface area contributed by atoms with Crippen molar-refractivity contribution in [3.63, 3.8) is 0 Å². The second kappa shape index (κ2) is 10.8. The Morgan fingerprint density at radius 3 is 2.54 bits per heavy atom. The van der Waals surface area contributed by atoms with Crippen LogP contribution in [0.4, 0.5) is 5.69 Å². The molecule has 7 nitrogen and oxygen atoms in total. The molecule has 0 aliphatic heterocycles. The predicted molar refractivity (Wildman–Crippen MR) is 110 cm³/mol. The van der Waals surface area contributed by atoms with Crippen molar-refractivity contribution in [2.75, 3.05) is 11.4 Å². The highest BCUT2D eigenvalue weighted by Crippen LogP contribution is 2.16. The summed E-state index contributed by atoms with van der Waals surface area (Å²) in [5, 5.41) is 24.5. The van der Waals surface area contributed by atoms with Gasteiger partial charge in [0.1, 0.15) is 12.8 Å². The minimum Gasteiger partial charge on any atom is -0.402 e. The van der Waals surface area contributed by atoms with Crippen LogP contribution >= 0.6 is 11.3 Å². The van der Waals surface area contributed by atoms with E-state index in [0.717, 1.165) is 23.6 Å². The number of aryl methyl sites for hydroxylation is 1. The fourth-order valence-electron chi connectivity index (χ4n) is 2.59. The molecular formula is C19H23BN2O5S. The van der Waals surface area contributed by atoms with Crippen LogP contribution in [0.25, 0.3) is 0 Å². The average molecular weight is 402 g/mol. The fourth-order valence-corrected chi connectivity index (χ4v) is 3.27. The standard InChI is InChI=1S/C19H23BN2O5S/c1-3-14-5-7-16(8-6-14)22(19(24)4-2)12-17(23)21-18(27-20(25)26)11-15-9-10-28-13-15/h4-10,13,18,25-26H,2-3,11-12H2,1H3,(H,21,23)/t18-/m1/s1. The quantitative estimate of drug-likeness (QED) is 0.318. The Balaban J connectivity index is 2.09. The van der Waals surface area contributed by atoms with Gasteiger partial charge in [0.25, 0.3) is 5.91 Å². The van der Waals surface area contributed by atoms with Gasteiger partial charge in [-0.15, -0.1) is 0 Å². The van der Waals surface area contributed by atoms with E-state index in [9.17, 15) is 9.59 Å². The molecule has 9 heteroatoms. The van der Waals surface area contributed by atoms with E-state index in [-0.39, 0.29) is 13.0 Å². The van der Waals surface area contributed by atoms with Crippen molar-refractivity contribution in [3.05, 3.63) is 64.9 Å². The fraction of sp³-hybridized carbons (Fsp3) is 0.263. The highest BCUT2D eigenvalue weighted by molar-refractivity contribution is 7.07. The van der Waals surface area contributed by atoms with E-state index in [4.69, 9.17) is 14.7 Å². The van der Waals surface area contributed by atoms with Crippen LogP contribution in [0.3, 0.4) is 0 Å². The first-order chi connectivity index (χ1) is 13.4. The molecule has 1 atom stereocenters. The van der Waals surface area contributed by atoms with Crippen LogP contribution in [0, 0.1) is 0 Å². The molecule has 0 aliphatic rings. The van der Waals surface area contributed by atoms with Gasteiger partial charge >= 0.3 is 7.32 Å². The van der Waals surface area contributed by atoms with E-state index in [2.05, 4.69) is 11.9 Å². The van der Waals surface area contributed by atoms with Gasteiger partial charge in [-0.3, -0.25) is 14.5 Å². The number of nitrogens with zero attached hydrogens (tertiary/aromatic N) is 1. The first-order valence-corrected chi connectivity index (χ1v) is 9.72. The molecule has 28 heavy (non-hydrogen) atoms. The van der Waals surface area contributed by atoms with E-state index in [0.29, 0.717) is 5.69 Å². The van der Waals surface area contributed by atoms with Crippen molar-refractivity contribution in [3.8, 4) is 0 Å². The van der Waals surface area contributed by atoms with Crippen molar-refractivity contribution in [1.82, 2.24) is 5.32 Å². The minimum absolute atomic E-state index is 0.257. The maximum Gasteiger partial charge on any atom is 0.635 e. The third-order valence-electron chi connectivity index (χ3n) is 4.01. The molecule has 0 spiro atoms. The number of hydrogen-bond acceptors (Lipinski definition) is 6. The van der Waals surface area contributed by atoms with Gasteiger partial charge in [0.2, 0.25) is 5.91 Å². The third kappa shape index (κ3) is 6.61. The zero-order valence-corrected chi connectivity index (χ0v) is 16.4. The number of hydrogen-bond donors (Lipinski definition) is 3. The van der Waals surface area contributed by atoms with Crippen molar-refractivity contribution in [1.29, 1.82) is 0 Å². The van der Waals surface area contributed by atoms with Crippen molar-refractivity contribution >= 4 is 36.2 Å². The molecule has 1 heterocycles. The van der Waals surface area contributed by atoms with Gasteiger partial charge < -0.3 is 20.0 Å². The molecule has 0 radical (unpaired) electrons. The molecule has 1 aromatic carbocycles. The molecule has 2 rings (SSSR count). The maximum atomic E-state index is 12.5. The average Bonchev–Trinajstić information content (AvgIpc) is 3.18. The van der Waals surface area contributed by atoms with Gasteiger partial charge in [-0.25, -0.2) is 0 Å². The van der Waals surface area contributed by atoms with Gasteiger partial charge in [-0.05, 0) is 52.6 Å². The molecule has 0 fully saturated rings. The molecule has 0 unspecified atom stereocenters. The summed E-state index contributed by atoms with van der Waals surface area (Å²) in [6.07, 6.45) is 1.30. The summed E-state index contributed by atoms with van der Waals surface area (Å²) in [7, 11) is -2.03. The second-order valence-corrected chi connectivity index (χ2v) is 6.78. The van der Waals surface area contributed by atoms with Gasteiger partial charge in [-0.2, -0.15) is 11.3 Å². The topological polar surface area (TPSA) is 99.1 Å². The number of carbonyl (C=O) groups is 2. The Bertz CT molecular complexity index is 780. The summed E-state index contributed by atoms with van der Waals surface area (Å²) < 4.78 is 4.96. The van der Waals surface area contributed by atoms with E-state index in [1.54, 1.807) is 12.1 Å². The number of benzene rings is 1. The molecule has 148 valence electrons. The lowest BCUT2D eigenvalue weighted by Gasteiger charge is -2.24. The zero-order valence-electron chi connectivity index (χ0n) is 15.6. The van der Waals surface area contributed by atoms with E-state index < -0.39 is 25.4 Å².